The molecule has 0 aliphatic heterocycles. The van der Waals surface area contributed by atoms with Crippen molar-refractivity contribution in [1.82, 2.24) is 20.2 Å². The minimum absolute atomic E-state index is 0.197. The van der Waals surface area contributed by atoms with Gasteiger partial charge >= 0.3 is 0 Å². The summed E-state index contributed by atoms with van der Waals surface area (Å²) in [7, 11) is 0. The first-order valence-corrected chi connectivity index (χ1v) is 10.7. The molecule has 0 bridgehead atoms. The molecule has 0 aliphatic carbocycles. The van der Waals surface area contributed by atoms with E-state index in [9.17, 15) is 4.79 Å². The number of thiophene rings is 1. The predicted octanol–water partition coefficient (Wildman–Crippen LogP) is 5.01. The number of unbranched alkanes of at least 4 members (excludes halogenated alkanes) is 1. The quantitative estimate of drug-likeness (QED) is 0.477. The predicted molar refractivity (Wildman–Crippen MR) is 111 cm³/mol. The lowest BCUT2D eigenvalue weighted by atomic mass is 10.1. The molecule has 0 aromatic carbocycles. The summed E-state index contributed by atoms with van der Waals surface area (Å²) in [5, 5.41) is 13.5. The summed E-state index contributed by atoms with van der Waals surface area (Å²) in [6.07, 6.45) is 4.64. The van der Waals surface area contributed by atoms with E-state index in [1.165, 1.54) is 22.7 Å². The van der Waals surface area contributed by atoms with Crippen molar-refractivity contribution < 1.29 is 9.21 Å². The van der Waals surface area contributed by atoms with Crippen LogP contribution in [0.4, 0.5) is 5.13 Å². The molecule has 144 valence electrons. The van der Waals surface area contributed by atoms with E-state index in [2.05, 4.69) is 32.4 Å². The molecule has 4 rings (SSSR count). The number of carbonyl (C=O) groups excluding carboxylic acids is 1. The van der Waals surface area contributed by atoms with Crippen LogP contribution in [0.25, 0.3) is 21.8 Å². The minimum Gasteiger partial charge on any atom is -0.461 e. The van der Waals surface area contributed by atoms with E-state index in [-0.39, 0.29) is 5.91 Å². The maximum atomic E-state index is 12.8. The Bertz CT molecular complexity index is 1130. The van der Waals surface area contributed by atoms with Gasteiger partial charge in [-0.3, -0.25) is 10.1 Å². The fraction of sp³-hybridized carbons (Fsp3) is 0.316. The number of hydrogen-bond acceptors (Lipinski definition) is 8. The molecule has 0 atom stereocenters. The van der Waals surface area contributed by atoms with Gasteiger partial charge in [0, 0.05) is 11.8 Å². The molecule has 4 aromatic rings. The van der Waals surface area contributed by atoms with Crippen LogP contribution < -0.4 is 5.32 Å². The van der Waals surface area contributed by atoms with Gasteiger partial charge in [0.15, 0.2) is 11.6 Å². The first kappa shape index (κ1) is 18.7. The first-order chi connectivity index (χ1) is 13.6. The molecule has 1 amide bonds. The molecule has 28 heavy (non-hydrogen) atoms. The summed E-state index contributed by atoms with van der Waals surface area (Å²) in [5.74, 6) is 0.932. The van der Waals surface area contributed by atoms with Gasteiger partial charge < -0.3 is 4.42 Å². The summed E-state index contributed by atoms with van der Waals surface area (Å²) < 4.78 is 5.40. The normalized spacial score (nSPS) is 11.2. The highest BCUT2D eigenvalue weighted by Crippen LogP contribution is 2.33. The zero-order chi connectivity index (χ0) is 19.7. The molecule has 4 heterocycles. The number of amides is 1. The monoisotopic (exact) mass is 413 g/mol. The molecule has 9 heteroatoms. The lowest BCUT2D eigenvalue weighted by Gasteiger charge is -2.01. The van der Waals surface area contributed by atoms with E-state index in [4.69, 9.17) is 4.42 Å². The highest BCUT2D eigenvalue weighted by molar-refractivity contribution is 7.21. The number of aromatic nitrogens is 4. The Balaban J connectivity index is 1.63. The zero-order valence-corrected chi connectivity index (χ0v) is 17.4. The molecule has 0 saturated carbocycles. The second kappa shape index (κ2) is 7.76. The smallest absolute Gasteiger partial charge is 0.267 e. The largest absolute Gasteiger partial charge is 0.461 e. The Labute approximate surface area is 169 Å². The first-order valence-electron chi connectivity index (χ1n) is 9.02. The van der Waals surface area contributed by atoms with Crippen LogP contribution in [0.3, 0.4) is 0 Å². The SMILES string of the molecule is CCCCc1nnc(NC(=O)c2sc3nc(-c4ccco4)nc(C)c3c2C)s1. The number of carbonyl (C=O) groups is 1. The number of hydrogen-bond donors (Lipinski definition) is 1. The Hall–Kier alpha value is -2.65. The van der Waals surface area contributed by atoms with E-state index in [0.717, 1.165) is 45.7 Å². The fourth-order valence-corrected chi connectivity index (χ4v) is 4.86. The maximum Gasteiger partial charge on any atom is 0.267 e. The van der Waals surface area contributed by atoms with Gasteiger partial charge in [0.25, 0.3) is 5.91 Å². The number of nitrogens with one attached hydrogen (secondary N) is 1. The van der Waals surface area contributed by atoms with E-state index in [1.54, 1.807) is 12.3 Å². The van der Waals surface area contributed by atoms with Gasteiger partial charge in [0.1, 0.15) is 9.84 Å². The molecular weight excluding hydrogens is 394 g/mol. The second-order valence-electron chi connectivity index (χ2n) is 6.40. The van der Waals surface area contributed by atoms with E-state index in [1.807, 2.05) is 19.9 Å². The summed E-state index contributed by atoms with van der Waals surface area (Å²) in [4.78, 5) is 23.3. The van der Waals surface area contributed by atoms with Crippen molar-refractivity contribution >= 4 is 43.9 Å². The third kappa shape index (κ3) is 3.55. The van der Waals surface area contributed by atoms with Crippen LogP contribution in [0.1, 0.15) is 45.7 Å². The average Bonchev–Trinajstić information content (AvgIpc) is 3.40. The number of fused-ring (bicyclic) bond motifs is 1. The van der Waals surface area contributed by atoms with Gasteiger partial charge in [-0.05, 0) is 38.0 Å². The fourth-order valence-electron chi connectivity index (χ4n) is 2.96. The number of furan rings is 1. The summed E-state index contributed by atoms with van der Waals surface area (Å²) in [6.45, 7) is 5.97. The van der Waals surface area contributed by atoms with Gasteiger partial charge in [0.2, 0.25) is 5.13 Å². The van der Waals surface area contributed by atoms with Gasteiger partial charge in [-0.25, -0.2) is 9.97 Å². The van der Waals surface area contributed by atoms with Gasteiger partial charge in [-0.15, -0.1) is 21.5 Å². The van der Waals surface area contributed by atoms with Crippen LogP contribution >= 0.6 is 22.7 Å². The topological polar surface area (TPSA) is 93.8 Å². The van der Waals surface area contributed by atoms with Crippen molar-refractivity contribution in [3.63, 3.8) is 0 Å². The lowest BCUT2D eigenvalue weighted by molar-refractivity contribution is 0.103. The Morgan fingerprint density at radius 3 is 2.82 bits per heavy atom. The summed E-state index contributed by atoms with van der Waals surface area (Å²) in [5.41, 5.74) is 1.69. The number of nitrogens with zero attached hydrogens (tertiary/aromatic N) is 4. The van der Waals surface area contributed by atoms with Crippen molar-refractivity contribution in [2.75, 3.05) is 5.32 Å². The van der Waals surface area contributed by atoms with Crippen LogP contribution in [0.15, 0.2) is 22.8 Å². The van der Waals surface area contributed by atoms with Crippen molar-refractivity contribution in [3.8, 4) is 11.6 Å². The van der Waals surface area contributed by atoms with Crippen molar-refractivity contribution in [1.29, 1.82) is 0 Å². The molecule has 7 nitrogen and oxygen atoms in total. The maximum absolute atomic E-state index is 12.8. The van der Waals surface area contributed by atoms with Crippen molar-refractivity contribution in [3.05, 3.63) is 39.5 Å². The number of rotatable bonds is 6. The molecule has 0 radical (unpaired) electrons. The molecule has 0 aliphatic rings. The Morgan fingerprint density at radius 2 is 2.07 bits per heavy atom. The molecular formula is C19H19N5O2S2. The number of aryl methyl sites for hydroxylation is 3. The van der Waals surface area contributed by atoms with Crippen LogP contribution in [-0.2, 0) is 6.42 Å². The van der Waals surface area contributed by atoms with Gasteiger partial charge in [-0.1, -0.05) is 24.7 Å². The molecule has 0 fully saturated rings. The Kier molecular flexibility index (Phi) is 5.19. The minimum atomic E-state index is -0.197. The highest BCUT2D eigenvalue weighted by atomic mass is 32.1. The molecule has 1 N–H and O–H groups in total. The molecule has 0 spiro atoms. The number of anilines is 1. The van der Waals surface area contributed by atoms with Crippen LogP contribution in [0.2, 0.25) is 0 Å². The lowest BCUT2D eigenvalue weighted by Crippen LogP contribution is -2.11. The summed E-state index contributed by atoms with van der Waals surface area (Å²) >= 11 is 2.77. The Morgan fingerprint density at radius 1 is 1.21 bits per heavy atom. The molecule has 0 unspecified atom stereocenters. The van der Waals surface area contributed by atoms with E-state index in [0.29, 0.717) is 21.6 Å². The van der Waals surface area contributed by atoms with Crippen LogP contribution in [0.5, 0.6) is 0 Å². The molecule has 0 saturated heterocycles. The van der Waals surface area contributed by atoms with E-state index >= 15 is 0 Å². The highest BCUT2D eigenvalue weighted by Gasteiger charge is 2.21. The third-order valence-corrected chi connectivity index (χ3v) is 6.43. The zero-order valence-electron chi connectivity index (χ0n) is 15.8. The molecule has 4 aromatic heterocycles. The van der Waals surface area contributed by atoms with E-state index < -0.39 is 0 Å². The van der Waals surface area contributed by atoms with Crippen LogP contribution in [-0.4, -0.2) is 26.1 Å². The second-order valence-corrected chi connectivity index (χ2v) is 8.47. The van der Waals surface area contributed by atoms with Gasteiger partial charge in [0.05, 0.1) is 16.8 Å². The van der Waals surface area contributed by atoms with Crippen molar-refractivity contribution in [2.45, 2.75) is 40.0 Å². The summed E-state index contributed by atoms with van der Waals surface area (Å²) in [6, 6.07) is 3.62. The standard InChI is InChI=1S/C19H19N5O2S2/c1-4-5-8-13-23-24-19(27-13)22-17(25)15-10(2)14-11(3)20-16(21-18(14)28-15)12-7-6-9-26-12/h6-7,9H,4-5,8H2,1-3H3,(H,22,24,25). The average molecular weight is 414 g/mol. The third-order valence-electron chi connectivity index (χ3n) is 4.35. The van der Waals surface area contributed by atoms with Gasteiger partial charge in [-0.2, -0.15) is 0 Å². The van der Waals surface area contributed by atoms with Crippen molar-refractivity contribution in [2.24, 2.45) is 0 Å². The van der Waals surface area contributed by atoms with Crippen LogP contribution in [0, 0.1) is 13.8 Å².